The highest BCUT2D eigenvalue weighted by Gasteiger charge is 2.36. The van der Waals surface area contributed by atoms with E-state index >= 15 is 0 Å². The molecule has 0 N–H and O–H groups in total. The molecule has 50 heavy (non-hydrogen) atoms. The molecular formula is C50H44. The van der Waals surface area contributed by atoms with Gasteiger partial charge in [0.2, 0.25) is 0 Å². The van der Waals surface area contributed by atoms with Crippen LogP contribution in [0.15, 0.2) is 193 Å². The fourth-order valence-electron chi connectivity index (χ4n) is 8.19. The van der Waals surface area contributed by atoms with Gasteiger partial charge < -0.3 is 0 Å². The Morgan fingerprint density at radius 2 is 1.24 bits per heavy atom. The Morgan fingerprint density at radius 1 is 0.520 bits per heavy atom. The predicted molar refractivity (Wildman–Crippen MR) is 215 cm³/mol. The first-order valence-electron chi connectivity index (χ1n) is 18.2. The lowest BCUT2D eigenvalue weighted by molar-refractivity contribution is 0.660. The Hall–Kier alpha value is -5.46. The van der Waals surface area contributed by atoms with Gasteiger partial charge in [-0.2, -0.15) is 0 Å². The highest BCUT2D eigenvalue weighted by molar-refractivity contribution is 5.89. The molecule has 8 rings (SSSR count). The van der Waals surface area contributed by atoms with E-state index in [1.165, 1.54) is 72.4 Å². The minimum absolute atomic E-state index is 0.0459. The number of hydrogen-bond acceptors (Lipinski definition) is 0. The summed E-state index contributed by atoms with van der Waals surface area (Å²) in [6.07, 6.45) is 33.9. The Balaban J connectivity index is 1.26. The van der Waals surface area contributed by atoms with E-state index in [0.29, 0.717) is 5.92 Å². The number of fused-ring (bicyclic) bond motifs is 4. The van der Waals surface area contributed by atoms with E-state index in [4.69, 9.17) is 0 Å². The monoisotopic (exact) mass is 644 g/mol. The van der Waals surface area contributed by atoms with E-state index in [9.17, 15) is 0 Å². The fraction of sp³-hybridized carbons (Fsp3) is 0.160. The number of benzene rings is 4. The standard InChI is InChI=1S/C50H44/c1-50(2)48-26-14-13-22-46(48)47-34-32-41(35-49(47)50)43-33-31-38(36-17-9-6-4-3-5-7-10-18-36)21-15-23-42(44-24-16-25-45(43)44)40-29-27-39(28-30-40)37-19-11-8-12-20-37/h3-6,8,10-15,17-24,26-35,45H,7,9,16,25H2,1-2H3. The molecule has 4 aliphatic rings. The maximum Gasteiger partial charge on any atom is 0.0159 e. The van der Waals surface area contributed by atoms with E-state index in [1.807, 2.05) is 0 Å². The summed E-state index contributed by atoms with van der Waals surface area (Å²) in [6, 6.07) is 36.1. The van der Waals surface area contributed by atoms with Crippen molar-refractivity contribution in [2.24, 2.45) is 5.92 Å². The van der Waals surface area contributed by atoms with E-state index in [1.54, 1.807) is 0 Å². The molecule has 0 saturated carbocycles. The first-order chi connectivity index (χ1) is 24.6. The van der Waals surface area contributed by atoms with Crippen LogP contribution in [-0.2, 0) is 5.41 Å². The highest BCUT2D eigenvalue weighted by Crippen LogP contribution is 2.51. The van der Waals surface area contributed by atoms with Crippen molar-refractivity contribution in [2.45, 2.75) is 44.9 Å². The minimum Gasteiger partial charge on any atom is -0.0807 e. The van der Waals surface area contributed by atoms with Gasteiger partial charge in [-0.05, 0) is 104 Å². The lowest BCUT2D eigenvalue weighted by Gasteiger charge is -2.25. The average molecular weight is 645 g/mol. The Morgan fingerprint density at radius 3 is 2.10 bits per heavy atom. The van der Waals surface area contributed by atoms with Crippen molar-refractivity contribution in [1.82, 2.24) is 0 Å². The van der Waals surface area contributed by atoms with Crippen LogP contribution in [0.5, 0.6) is 0 Å². The summed E-state index contributed by atoms with van der Waals surface area (Å²) in [4.78, 5) is 0. The topological polar surface area (TPSA) is 0 Å². The van der Waals surface area contributed by atoms with Crippen LogP contribution in [-0.4, -0.2) is 0 Å². The van der Waals surface area contributed by atoms with Crippen molar-refractivity contribution in [3.05, 3.63) is 215 Å². The molecule has 0 radical (unpaired) electrons. The summed E-state index contributed by atoms with van der Waals surface area (Å²) in [7, 11) is 0. The molecular weight excluding hydrogens is 601 g/mol. The smallest absolute Gasteiger partial charge is 0.0159 e. The van der Waals surface area contributed by atoms with Crippen LogP contribution in [0.1, 0.15) is 61.8 Å². The van der Waals surface area contributed by atoms with Crippen molar-refractivity contribution in [1.29, 1.82) is 0 Å². The molecule has 0 aliphatic heterocycles. The molecule has 0 amide bonds. The average Bonchev–Trinajstić information content (AvgIpc) is 3.72. The molecule has 4 aromatic rings. The van der Waals surface area contributed by atoms with Crippen LogP contribution < -0.4 is 0 Å². The first-order valence-corrected chi connectivity index (χ1v) is 18.2. The second-order valence-corrected chi connectivity index (χ2v) is 14.2. The molecule has 0 heteroatoms. The highest BCUT2D eigenvalue weighted by atomic mass is 14.4. The number of hydrogen-bond donors (Lipinski definition) is 0. The van der Waals surface area contributed by atoms with Crippen LogP contribution >= 0.6 is 0 Å². The van der Waals surface area contributed by atoms with E-state index < -0.39 is 0 Å². The van der Waals surface area contributed by atoms with Crippen LogP contribution in [0, 0.1) is 5.92 Å². The van der Waals surface area contributed by atoms with Crippen molar-refractivity contribution in [2.75, 3.05) is 0 Å². The lowest BCUT2D eigenvalue weighted by atomic mass is 9.78. The van der Waals surface area contributed by atoms with Gasteiger partial charge in [0.1, 0.15) is 0 Å². The predicted octanol–water partition coefficient (Wildman–Crippen LogP) is 13.3. The van der Waals surface area contributed by atoms with Gasteiger partial charge in [-0.3, -0.25) is 0 Å². The van der Waals surface area contributed by atoms with Gasteiger partial charge in [-0.1, -0.05) is 184 Å². The fourth-order valence-corrected chi connectivity index (χ4v) is 8.19. The summed E-state index contributed by atoms with van der Waals surface area (Å²) in [6.45, 7) is 4.77. The zero-order chi connectivity index (χ0) is 33.9. The normalized spacial score (nSPS) is 19.3. The van der Waals surface area contributed by atoms with Crippen LogP contribution in [0.4, 0.5) is 0 Å². The van der Waals surface area contributed by atoms with Crippen LogP contribution in [0.2, 0.25) is 0 Å². The molecule has 0 aromatic heterocycles. The second-order valence-electron chi connectivity index (χ2n) is 14.2. The maximum absolute atomic E-state index is 2.50. The van der Waals surface area contributed by atoms with Crippen molar-refractivity contribution in [3.63, 3.8) is 0 Å². The van der Waals surface area contributed by atoms with Crippen LogP contribution in [0.25, 0.3) is 33.4 Å². The number of rotatable bonds is 4. The summed E-state index contributed by atoms with van der Waals surface area (Å²) in [5.41, 5.74) is 17.2. The molecule has 4 aromatic carbocycles. The van der Waals surface area contributed by atoms with Crippen molar-refractivity contribution in [3.8, 4) is 22.3 Å². The van der Waals surface area contributed by atoms with Gasteiger partial charge in [0.25, 0.3) is 0 Å². The lowest BCUT2D eigenvalue weighted by Crippen LogP contribution is -2.15. The van der Waals surface area contributed by atoms with Gasteiger partial charge >= 0.3 is 0 Å². The summed E-state index contributed by atoms with van der Waals surface area (Å²) < 4.78 is 0. The van der Waals surface area contributed by atoms with Crippen LogP contribution in [0.3, 0.4) is 0 Å². The first kappa shape index (κ1) is 31.8. The van der Waals surface area contributed by atoms with Crippen molar-refractivity contribution >= 4 is 11.1 Å². The molecule has 0 saturated heterocycles. The summed E-state index contributed by atoms with van der Waals surface area (Å²) in [5, 5.41) is 0. The van der Waals surface area contributed by atoms with Gasteiger partial charge in [-0.15, -0.1) is 0 Å². The van der Waals surface area contributed by atoms with Gasteiger partial charge in [0.15, 0.2) is 0 Å². The molecule has 0 nitrogen and oxygen atoms in total. The van der Waals surface area contributed by atoms with Gasteiger partial charge in [0, 0.05) is 11.3 Å². The third-order valence-corrected chi connectivity index (χ3v) is 10.8. The molecule has 1 unspecified atom stereocenters. The summed E-state index contributed by atoms with van der Waals surface area (Å²) in [5.74, 6) is 0.297. The van der Waals surface area contributed by atoms with E-state index in [0.717, 1.165) is 25.7 Å². The molecule has 0 fully saturated rings. The zero-order valence-corrected chi connectivity index (χ0v) is 29.1. The largest absolute Gasteiger partial charge is 0.0807 e. The molecule has 4 aliphatic carbocycles. The summed E-state index contributed by atoms with van der Waals surface area (Å²) >= 11 is 0. The quantitative estimate of drug-likeness (QED) is 0.207. The third-order valence-electron chi connectivity index (χ3n) is 10.8. The Labute approximate surface area is 298 Å². The van der Waals surface area contributed by atoms with E-state index in [-0.39, 0.29) is 5.41 Å². The molecule has 0 heterocycles. The van der Waals surface area contributed by atoms with Gasteiger partial charge in [0.05, 0.1) is 0 Å². The second kappa shape index (κ2) is 13.8. The molecule has 0 bridgehead atoms. The van der Waals surface area contributed by atoms with Gasteiger partial charge in [-0.25, -0.2) is 0 Å². The minimum atomic E-state index is -0.0459. The zero-order valence-electron chi connectivity index (χ0n) is 29.1. The van der Waals surface area contributed by atoms with E-state index in [2.05, 4.69) is 190 Å². The Bertz CT molecular complexity index is 2200. The third kappa shape index (κ3) is 6.12. The Kier molecular flexibility index (Phi) is 8.78. The number of allylic oxidation sites excluding steroid dienone is 18. The SMILES string of the molecule is CC1(C)c2ccccc2-c2ccc(C3=CC=C(C4=CCC=CC=CCC=C4)C=CC=C(c4ccc(-c5ccccc5)cc4)C4=CCCC43)cc21. The molecule has 244 valence electrons. The molecule has 0 spiro atoms. The van der Waals surface area contributed by atoms with Crippen molar-refractivity contribution < 1.29 is 0 Å². The molecule has 1 atom stereocenters. The maximum atomic E-state index is 2.50.